The Balaban J connectivity index is 0.000000219. The van der Waals surface area contributed by atoms with Crippen molar-refractivity contribution in [2.75, 3.05) is 26.4 Å². The van der Waals surface area contributed by atoms with Gasteiger partial charge in [-0.1, -0.05) is 284 Å². The molecule has 2 N–H and O–H groups in total. The molecule has 129 heavy (non-hydrogen) atoms. The summed E-state index contributed by atoms with van der Waals surface area (Å²) < 4.78 is 128. The number of rotatable bonds is 35. The highest BCUT2D eigenvalue weighted by Crippen LogP contribution is 2.42. The van der Waals surface area contributed by atoms with Gasteiger partial charge in [0.1, 0.15) is 46.9 Å². The molecular formula is C112H152F6O11. The first-order valence-electron chi connectivity index (χ1n) is 47.8. The van der Waals surface area contributed by atoms with E-state index < -0.39 is 36.6 Å². The second kappa shape index (κ2) is 54.1. The molecule has 2 aliphatic carbocycles. The number of aromatic hydroxyl groups is 2. The van der Waals surface area contributed by atoms with E-state index in [1.165, 1.54) is 131 Å². The largest absolute Gasteiger partial charge is 0.508 e. The zero-order chi connectivity index (χ0) is 94.4. The fourth-order valence-corrected chi connectivity index (χ4v) is 15.2. The first kappa shape index (κ1) is 107. The maximum atomic E-state index is 12.7. The number of hydrogen-bond donors (Lipinski definition) is 2. The van der Waals surface area contributed by atoms with Crippen LogP contribution in [0.1, 0.15) is 328 Å². The van der Waals surface area contributed by atoms with Gasteiger partial charge in [-0.05, 0) is 282 Å². The van der Waals surface area contributed by atoms with E-state index in [1.807, 2.05) is 76.2 Å². The van der Waals surface area contributed by atoms with Gasteiger partial charge in [0.25, 0.3) is 0 Å². The minimum Gasteiger partial charge on any atom is -0.508 e. The third kappa shape index (κ3) is 36.6. The minimum atomic E-state index is -5.45. The highest BCUT2D eigenvalue weighted by atomic mass is 19.4. The van der Waals surface area contributed by atoms with Crippen LogP contribution in [0.15, 0.2) is 206 Å². The summed E-state index contributed by atoms with van der Waals surface area (Å²) in [5, 5.41) is 25.8. The van der Waals surface area contributed by atoms with Crippen molar-refractivity contribution < 1.29 is 79.2 Å². The van der Waals surface area contributed by atoms with Gasteiger partial charge in [0, 0.05) is 11.3 Å². The minimum absolute atomic E-state index is 0.171. The molecule has 0 aromatic heterocycles. The Hall–Kier alpha value is -9.00. The second-order valence-electron chi connectivity index (χ2n) is 36.7. The Labute approximate surface area is 769 Å². The molecule has 0 saturated heterocycles. The third-order valence-corrected chi connectivity index (χ3v) is 24.8. The lowest BCUT2D eigenvalue weighted by Gasteiger charge is -2.33. The molecule has 2 fully saturated rings. The fraction of sp³-hybridized carbons (Fsp3) is 0.518. The lowest BCUT2D eigenvalue weighted by Crippen LogP contribution is -2.43. The molecule has 10 atom stereocenters. The zero-order valence-corrected chi connectivity index (χ0v) is 80.9. The monoisotopic (exact) mass is 1790 g/mol. The van der Waals surface area contributed by atoms with Gasteiger partial charge in [0.2, 0.25) is 12.6 Å². The molecule has 10 unspecified atom stereocenters. The lowest BCUT2D eigenvalue weighted by molar-refractivity contribution is -0.305. The Morgan fingerprint density at radius 3 is 1.13 bits per heavy atom. The topological polar surface area (TPSA) is 124 Å². The van der Waals surface area contributed by atoms with Crippen LogP contribution in [0.3, 0.4) is 0 Å². The van der Waals surface area contributed by atoms with E-state index in [0.717, 1.165) is 85.0 Å². The Bertz CT molecular complexity index is 4820. The van der Waals surface area contributed by atoms with Crippen LogP contribution in [-0.2, 0) is 18.9 Å². The van der Waals surface area contributed by atoms with Crippen LogP contribution in [0.2, 0.25) is 0 Å². The van der Waals surface area contributed by atoms with Crippen molar-refractivity contribution in [3.05, 3.63) is 245 Å². The number of phenols is 2. The quantitative estimate of drug-likeness (QED) is 0.0224. The van der Waals surface area contributed by atoms with E-state index in [-0.39, 0.29) is 24.8 Å². The van der Waals surface area contributed by atoms with Crippen molar-refractivity contribution in [3.8, 4) is 40.2 Å². The molecule has 708 valence electrons. The van der Waals surface area contributed by atoms with Crippen molar-refractivity contribution in [1.82, 2.24) is 0 Å². The molecule has 10 aromatic rings. The maximum Gasteiger partial charge on any atom is 0.402 e. The van der Waals surface area contributed by atoms with Crippen molar-refractivity contribution in [2.45, 2.75) is 333 Å². The van der Waals surface area contributed by atoms with E-state index in [1.54, 1.807) is 57.2 Å². The number of fused-ring (bicyclic) bond motifs is 3. The van der Waals surface area contributed by atoms with Gasteiger partial charge in [-0.15, -0.1) is 0 Å². The summed E-state index contributed by atoms with van der Waals surface area (Å²) in [5.41, 5.74) is 8.29. The molecule has 12 rings (SSSR count). The lowest BCUT2D eigenvalue weighted by atomic mass is 9.84. The summed E-state index contributed by atoms with van der Waals surface area (Å²) in [6.45, 7) is 41.6. The standard InChI is InChI=1S/C30H38O3.C24H34O2.C19H26F6O2.C15H24O2.C14H16O.C10H14O/c1-4-22(2)26-10-11-28-21-30(17-14-27(28)20-26)33-23(3)31-18-19-32-29-15-12-25(13-16-29)24-8-6-5-7-9-24;1-5-18(4)19-11-12-21-16-23(14-13-20(21)15-19)26-24(17(2)3)25-22-9-7-6-8-10-22;1-6-12(2)13-8-7-9-14(10-13)27-16(17(3,4)5)26-11-15(18(20,21)22)19(23,24)25;1-5-10-16-13(4)17-15-9-7-8-14(11-15)12(3)6-2;1-3-10(2)11-4-5-13-9-14(15)7-6-12(13)8-11;1-3-8(2)9-5-4-6-10(11)7-9/h10-17,20-24H,4-9,18-19H2,1-3H3;11-18,22,24H,5-10H2,1-4H3;7-10,12,15-16H,6,11H2,1-5H3;7-9,11-13H,5-6,10H2,1-4H3;4-10,15H,3H2,1-2H3;4-8,11H,3H2,1-2H3. The van der Waals surface area contributed by atoms with Gasteiger partial charge >= 0.3 is 12.4 Å². The molecule has 2 saturated carbocycles. The SMILES string of the molecule is CCC(C)c1ccc2cc(O)ccc2c1.CCC(C)c1ccc2cc(OC(C)OCCOc3ccc(C4CCCCC4)cc3)ccc2c1.CCC(C)c1ccc2cc(OC(OC3CCCCC3)C(C)C)ccc2c1.CCC(C)c1cccc(O)c1.CCC(C)c1cccc(OC(OCC(C(F)(F)F)C(F)(F)F)C(C)(C)C)c1.CCCOC(C)Oc1cccc(C(C)CC)c1. The number of alkyl halides is 6. The molecule has 0 bridgehead atoms. The molecule has 0 radical (unpaired) electrons. The summed E-state index contributed by atoms with van der Waals surface area (Å²) in [6.07, 6.45) is 8.12. The highest BCUT2D eigenvalue weighted by molar-refractivity contribution is 5.86. The number of benzene rings is 10. The fourth-order valence-electron chi connectivity index (χ4n) is 15.2. The van der Waals surface area contributed by atoms with E-state index >= 15 is 0 Å². The van der Waals surface area contributed by atoms with Gasteiger partial charge in [0.15, 0.2) is 18.5 Å². The third-order valence-electron chi connectivity index (χ3n) is 24.8. The predicted octanol–water partition coefficient (Wildman–Crippen LogP) is 33.3. The van der Waals surface area contributed by atoms with Crippen LogP contribution in [-0.4, -0.2) is 80.3 Å². The zero-order valence-electron chi connectivity index (χ0n) is 80.9. The number of hydrogen-bond acceptors (Lipinski definition) is 11. The second-order valence-corrected chi connectivity index (χ2v) is 36.7. The van der Waals surface area contributed by atoms with Crippen LogP contribution in [0.25, 0.3) is 32.3 Å². The summed E-state index contributed by atoms with van der Waals surface area (Å²) in [4.78, 5) is 0. The number of phenolic OH excluding ortho intramolecular Hbond substituents is 2. The Morgan fingerprint density at radius 1 is 0.341 bits per heavy atom. The van der Waals surface area contributed by atoms with Crippen molar-refractivity contribution in [2.24, 2.45) is 17.3 Å². The van der Waals surface area contributed by atoms with Crippen LogP contribution >= 0.6 is 0 Å². The van der Waals surface area contributed by atoms with Crippen LogP contribution < -0.4 is 23.7 Å². The van der Waals surface area contributed by atoms with E-state index in [4.69, 9.17) is 47.7 Å². The molecule has 17 heteroatoms. The highest BCUT2D eigenvalue weighted by Gasteiger charge is 2.57. The van der Waals surface area contributed by atoms with Gasteiger partial charge in [0.05, 0.1) is 25.9 Å². The van der Waals surface area contributed by atoms with E-state index in [9.17, 15) is 31.4 Å². The van der Waals surface area contributed by atoms with Gasteiger partial charge in [-0.25, -0.2) is 0 Å². The predicted molar refractivity (Wildman–Crippen MR) is 520 cm³/mol. The van der Waals surface area contributed by atoms with Gasteiger partial charge in [-0.3, -0.25) is 0 Å². The Morgan fingerprint density at radius 2 is 0.705 bits per heavy atom. The van der Waals surface area contributed by atoms with Crippen LogP contribution in [0.4, 0.5) is 26.3 Å². The molecule has 10 aromatic carbocycles. The summed E-state index contributed by atoms with van der Waals surface area (Å²) in [7, 11) is 0. The molecular weight excluding hydrogens is 1640 g/mol. The number of ether oxygens (including phenoxy) is 9. The van der Waals surface area contributed by atoms with Crippen molar-refractivity contribution in [3.63, 3.8) is 0 Å². The molecule has 11 nitrogen and oxygen atoms in total. The van der Waals surface area contributed by atoms with Gasteiger partial charge < -0.3 is 52.8 Å². The molecule has 2 aliphatic rings. The average molecular weight is 1790 g/mol. The smallest absolute Gasteiger partial charge is 0.402 e. The van der Waals surface area contributed by atoms with Crippen molar-refractivity contribution >= 4 is 32.3 Å². The first-order valence-corrected chi connectivity index (χ1v) is 47.8. The van der Waals surface area contributed by atoms with E-state index in [2.05, 4.69) is 211 Å². The van der Waals surface area contributed by atoms with Gasteiger partial charge in [-0.2, -0.15) is 26.3 Å². The molecule has 0 spiro atoms. The van der Waals surface area contributed by atoms with E-state index in [0.29, 0.717) is 72.1 Å². The summed E-state index contributed by atoms with van der Waals surface area (Å²) in [6, 6.07) is 69.4. The molecule has 0 amide bonds. The summed E-state index contributed by atoms with van der Waals surface area (Å²) >= 11 is 0. The van der Waals surface area contributed by atoms with Crippen LogP contribution in [0, 0.1) is 17.3 Å². The maximum absolute atomic E-state index is 12.7. The van der Waals surface area contributed by atoms with Crippen molar-refractivity contribution in [1.29, 1.82) is 0 Å². The summed E-state index contributed by atoms with van der Waals surface area (Å²) in [5.74, 6) is 5.19. The Kier molecular flexibility index (Phi) is 44.9. The molecule has 0 aliphatic heterocycles. The average Bonchev–Trinajstić information content (AvgIpc) is 0.833. The number of halogens is 6. The molecule has 0 heterocycles. The normalized spacial score (nSPS) is 15.7. The first-order chi connectivity index (χ1) is 61.4. The van der Waals surface area contributed by atoms with Crippen LogP contribution in [0.5, 0.6) is 40.2 Å².